The number of imidazole rings is 1. The van der Waals surface area contributed by atoms with Gasteiger partial charge in [0.15, 0.2) is 5.82 Å². The van der Waals surface area contributed by atoms with Crippen molar-refractivity contribution in [1.82, 2.24) is 14.5 Å². The average molecular weight is 307 g/mol. The molecule has 2 heterocycles. The van der Waals surface area contributed by atoms with Gasteiger partial charge >= 0.3 is 0 Å². The number of thiazole rings is 1. The van der Waals surface area contributed by atoms with Crippen LogP contribution in [0.5, 0.6) is 0 Å². The van der Waals surface area contributed by atoms with E-state index in [-0.39, 0.29) is 6.04 Å². The van der Waals surface area contributed by atoms with Crippen LogP contribution in [-0.2, 0) is 6.54 Å². The highest BCUT2D eigenvalue weighted by molar-refractivity contribution is 7.09. The van der Waals surface area contributed by atoms with Crippen molar-refractivity contribution in [3.05, 3.63) is 33.6 Å². The number of hydrogen-bond acceptors (Lipinski definition) is 4. The van der Waals surface area contributed by atoms with Crippen LogP contribution in [-0.4, -0.2) is 14.5 Å². The fourth-order valence-corrected chi connectivity index (χ4v) is 3.21. The van der Waals surface area contributed by atoms with E-state index in [4.69, 9.17) is 22.3 Å². The van der Waals surface area contributed by atoms with E-state index in [1.165, 1.54) is 0 Å². The molecule has 6 heteroatoms. The molecule has 0 saturated carbocycles. The summed E-state index contributed by atoms with van der Waals surface area (Å²) in [7, 11) is 0. The molecule has 2 N–H and O–H groups in total. The molecule has 2 aromatic heterocycles. The van der Waals surface area contributed by atoms with Gasteiger partial charge in [0.25, 0.3) is 0 Å². The monoisotopic (exact) mass is 306 g/mol. The summed E-state index contributed by atoms with van der Waals surface area (Å²) in [4.78, 5) is 9.23. The second-order valence-corrected chi connectivity index (χ2v) is 6.19. The number of hydrogen-bond donors (Lipinski definition) is 1. The first-order valence-electron chi connectivity index (χ1n) is 6.43. The maximum atomic E-state index is 6.34. The molecule has 0 aliphatic heterocycles. The third kappa shape index (κ3) is 2.12. The lowest BCUT2D eigenvalue weighted by atomic mass is 10.3. The Morgan fingerprint density at radius 2 is 2.15 bits per heavy atom. The third-order valence-corrected chi connectivity index (χ3v) is 4.31. The summed E-state index contributed by atoms with van der Waals surface area (Å²) in [6.07, 6.45) is 0. The minimum atomic E-state index is 0.248. The predicted molar refractivity (Wildman–Crippen MR) is 84.1 cm³/mol. The lowest BCUT2D eigenvalue weighted by Gasteiger charge is -2.12. The Bertz CT molecular complexity index is 760. The first kappa shape index (κ1) is 13.5. The molecule has 0 amide bonds. The molecule has 20 heavy (non-hydrogen) atoms. The van der Waals surface area contributed by atoms with Crippen LogP contribution in [0.15, 0.2) is 23.6 Å². The Labute approximate surface area is 126 Å². The molecule has 4 nitrogen and oxygen atoms in total. The van der Waals surface area contributed by atoms with Crippen LogP contribution < -0.4 is 5.73 Å². The minimum absolute atomic E-state index is 0.248. The van der Waals surface area contributed by atoms with E-state index in [9.17, 15) is 0 Å². The second kappa shape index (κ2) is 5.16. The number of halogens is 1. The van der Waals surface area contributed by atoms with Crippen molar-refractivity contribution >= 4 is 34.0 Å². The Hall–Kier alpha value is -1.43. The molecule has 0 atom stereocenters. The number of rotatable bonds is 3. The standard InChI is InChI=1S/C14H15ClN4S/c1-8(2)19-13-9(15)4-3-5-10(13)18-14(19)11-7-20-12(6-16)17-11/h3-5,7-8H,6,16H2,1-2H3. The fourth-order valence-electron chi connectivity index (χ4n) is 2.30. The van der Waals surface area contributed by atoms with Crippen molar-refractivity contribution in [3.63, 3.8) is 0 Å². The summed E-state index contributed by atoms with van der Waals surface area (Å²) in [5.41, 5.74) is 8.35. The molecule has 0 bridgehead atoms. The zero-order chi connectivity index (χ0) is 14.3. The fraction of sp³-hybridized carbons (Fsp3) is 0.286. The van der Waals surface area contributed by atoms with Crippen LogP contribution in [0, 0.1) is 0 Å². The summed E-state index contributed by atoms with van der Waals surface area (Å²) in [6.45, 7) is 4.68. The molecule has 3 rings (SSSR count). The van der Waals surface area contributed by atoms with E-state index in [0.29, 0.717) is 11.6 Å². The molecule has 0 unspecified atom stereocenters. The summed E-state index contributed by atoms with van der Waals surface area (Å²) < 4.78 is 2.13. The lowest BCUT2D eigenvalue weighted by Crippen LogP contribution is -2.04. The van der Waals surface area contributed by atoms with E-state index < -0.39 is 0 Å². The highest BCUT2D eigenvalue weighted by Gasteiger charge is 2.18. The van der Waals surface area contributed by atoms with E-state index in [1.807, 2.05) is 23.6 Å². The maximum absolute atomic E-state index is 6.34. The number of nitrogens with two attached hydrogens (primary N) is 1. The van der Waals surface area contributed by atoms with Crippen LogP contribution in [0.2, 0.25) is 5.02 Å². The van der Waals surface area contributed by atoms with Gasteiger partial charge in [-0.25, -0.2) is 9.97 Å². The van der Waals surface area contributed by atoms with Gasteiger partial charge in [-0.3, -0.25) is 0 Å². The molecule has 0 fully saturated rings. The van der Waals surface area contributed by atoms with Crippen LogP contribution in [0.3, 0.4) is 0 Å². The Morgan fingerprint density at radius 1 is 1.35 bits per heavy atom. The van der Waals surface area contributed by atoms with Gasteiger partial charge in [0.1, 0.15) is 10.7 Å². The van der Waals surface area contributed by atoms with Crippen molar-refractivity contribution in [2.45, 2.75) is 26.4 Å². The highest BCUT2D eigenvalue weighted by atomic mass is 35.5. The molecule has 0 spiro atoms. The minimum Gasteiger partial charge on any atom is -0.325 e. The molecule has 1 aromatic carbocycles. The van der Waals surface area contributed by atoms with E-state index in [1.54, 1.807) is 11.3 Å². The molecule has 3 aromatic rings. The number of benzene rings is 1. The van der Waals surface area contributed by atoms with Crippen molar-refractivity contribution < 1.29 is 0 Å². The SMILES string of the molecule is CC(C)n1c(-c2csc(CN)n2)nc2cccc(Cl)c21. The normalized spacial score (nSPS) is 11.7. The Kier molecular flexibility index (Phi) is 3.50. The van der Waals surface area contributed by atoms with Gasteiger partial charge in [-0.05, 0) is 26.0 Å². The largest absolute Gasteiger partial charge is 0.325 e. The quantitative estimate of drug-likeness (QED) is 0.799. The number of nitrogens with zero attached hydrogens (tertiary/aromatic N) is 3. The van der Waals surface area contributed by atoms with Gasteiger partial charge in [0.05, 0.1) is 16.1 Å². The van der Waals surface area contributed by atoms with Gasteiger partial charge in [0, 0.05) is 18.0 Å². The topological polar surface area (TPSA) is 56.7 Å². The van der Waals surface area contributed by atoms with Gasteiger partial charge in [-0.2, -0.15) is 0 Å². The smallest absolute Gasteiger partial charge is 0.160 e. The Balaban J connectivity index is 2.29. The lowest BCUT2D eigenvalue weighted by molar-refractivity contribution is 0.623. The summed E-state index contributed by atoms with van der Waals surface area (Å²) in [5, 5.41) is 3.62. The zero-order valence-corrected chi connectivity index (χ0v) is 12.9. The van der Waals surface area contributed by atoms with Crippen LogP contribution in [0.1, 0.15) is 24.9 Å². The van der Waals surface area contributed by atoms with Crippen LogP contribution in [0.25, 0.3) is 22.6 Å². The predicted octanol–water partition coefficient (Wildman–Crippen LogP) is 3.85. The summed E-state index contributed by atoms with van der Waals surface area (Å²) in [6, 6.07) is 6.02. The van der Waals surface area contributed by atoms with Gasteiger partial charge in [0.2, 0.25) is 0 Å². The first-order valence-corrected chi connectivity index (χ1v) is 7.69. The van der Waals surface area contributed by atoms with Crippen molar-refractivity contribution in [2.24, 2.45) is 5.73 Å². The van der Waals surface area contributed by atoms with Crippen molar-refractivity contribution in [2.75, 3.05) is 0 Å². The first-order chi connectivity index (χ1) is 9.61. The van der Waals surface area contributed by atoms with Gasteiger partial charge in [-0.1, -0.05) is 17.7 Å². The maximum Gasteiger partial charge on any atom is 0.160 e. The second-order valence-electron chi connectivity index (χ2n) is 4.84. The van der Waals surface area contributed by atoms with E-state index >= 15 is 0 Å². The molecular weight excluding hydrogens is 292 g/mol. The van der Waals surface area contributed by atoms with Gasteiger partial charge < -0.3 is 10.3 Å². The number of fused-ring (bicyclic) bond motifs is 1. The third-order valence-electron chi connectivity index (χ3n) is 3.13. The highest BCUT2D eigenvalue weighted by Crippen LogP contribution is 2.32. The molecule has 104 valence electrons. The van der Waals surface area contributed by atoms with E-state index in [2.05, 4.69) is 23.4 Å². The van der Waals surface area contributed by atoms with Crippen molar-refractivity contribution in [3.8, 4) is 11.5 Å². The summed E-state index contributed by atoms with van der Waals surface area (Å²) in [5.74, 6) is 0.846. The Morgan fingerprint density at radius 3 is 2.80 bits per heavy atom. The van der Waals surface area contributed by atoms with Crippen LogP contribution in [0.4, 0.5) is 0 Å². The van der Waals surface area contributed by atoms with Crippen molar-refractivity contribution in [1.29, 1.82) is 0 Å². The molecule has 0 radical (unpaired) electrons. The van der Waals surface area contributed by atoms with E-state index in [0.717, 1.165) is 27.6 Å². The average Bonchev–Trinajstić information content (AvgIpc) is 3.02. The molecule has 0 aliphatic carbocycles. The molecule has 0 aliphatic rings. The number of aromatic nitrogens is 3. The van der Waals surface area contributed by atoms with Gasteiger partial charge in [-0.15, -0.1) is 11.3 Å². The molecule has 0 saturated heterocycles. The zero-order valence-electron chi connectivity index (χ0n) is 11.3. The number of para-hydroxylation sites is 1. The molecular formula is C14H15ClN4S. The van der Waals surface area contributed by atoms with Crippen LogP contribution >= 0.6 is 22.9 Å². The summed E-state index contributed by atoms with van der Waals surface area (Å²) >= 11 is 7.90.